The molecule has 0 aliphatic heterocycles. The summed E-state index contributed by atoms with van der Waals surface area (Å²) in [5.41, 5.74) is 1.13. The number of allylic oxidation sites excluding steroid dienone is 1. The number of carboxylic acid groups (broad SMARTS) is 1. The highest BCUT2D eigenvalue weighted by Gasteiger charge is 2.18. The molecule has 0 aromatic rings. The maximum atomic E-state index is 10.5. The van der Waals surface area contributed by atoms with Crippen molar-refractivity contribution in [1.29, 1.82) is 0 Å². The van der Waals surface area contributed by atoms with E-state index >= 15 is 0 Å². The average Bonchev–Trinajstić information content (AvgIpc) is 2.01. The van der Waals surface area contributed by atoms with Crippen LogP contribution in [0.15, 0.2) is 11.6 Å². The molecule has 14 heavy (non-hydrogen) atoms. The summed E-state index contributed by atoms with van der Waals surface area (Å²) in [6.45, 7) is 4.46. The van der Waals surface area contributed by atoms with Gasteiger partial charge >= 0.3 is 5.97 Å². The summed E-state index contributed by atoms with van der Waals surface area (Å²) in [4.78, 5) is 10.5. The Labute approximate surface area is 86.0 Å². The Hall–Kier alpha value is -0.790. The van der Waals surface area contributed by atoms with Gasteiger partial charge in [-0.15, -0.1) is 0 Å². The zero-order valence-corrected chi connectivity index (χ0v) is 9.12. The number of rotatable bonds is 3. The summed E-state index contributed by atoms with van der Waals surface area (Å²) < 4.78 is 0. The van der Waals surface area contributed by atoms with Crippen molar-refractivity contribution in [2.75, 3.05) is 0 Å². The van der Waals surface area contributed by atoms with Gasteiger partial charge in [-0.3, -0.25) is 0 Å². The fraction of sp³-hybridized carbons (Fsp3) is 0.750. The Balaban J connectivity index is 2.47. The van der Waals surface area contributed by atoms with Crippen molar-refractivity contribution in [3.8, 4) is 0 Å². The summed E-state index contributed by atoms with van der Waals surface area (Å²) in [7, 11) is 0. The minimum atomic E-state index is -0.787. The van der Waals surface area contributed by atoms with E-state index in [0.717, 1.165) is 30.8 Å². The highest BCUT2D eigenvalue weighted by molar-refractivity contribution is 5.80. The molecule has 1 aliphatic rings. The predicted molar refractivity (Wildman–Crippen MR) is 57.1 cm³/mol. The lowest BCUT2D eigenvalue weighted by atomic mass is 9.81. The number of carbonyl (C=O) groups is 1. The van der Waals surface area contributed by atoms with Crippen LogP contribution in [0.4, 0.5) is 0 Å². The van der Waals surface area contributed by atoms with Gasteiger partial charge in [0.05, 0.1) is 0 Å². The second-order valence-corrected chi connectivity index (χ2v) is 4.73. The van der Waals surface area contributed by atoms with Crippen LogP contribution in [0, 0.1) is 11.8 Å². The standard InChI is InChI=1S/C12H20O2/c1-9(2)6-10-4-3-5-11(7-10)8-12(13)14/h8-10H,3-7H2,1-2H3,(H,13,14). The Morgan fingerprint density at radius 3 is 2.93 bits per heavy atom. The molecule has 1 rings (SSSR count). The first-order valence-electron chi connectivity index (χ1n) is 5.50. The van der Waals surface area contributed by atoms with Crippen molar-refractivity contribution in [3.05, 3.63) is 11.6 Å². The van der Waals surface area contributed by atoms with Crippen molar-refractivity contribution in [3.63, 3.8) is 0 Å². The molecule has 1 aliphatic carbocycles. The number of aliphatic carboxylic acids is 1. The average molecular weight is 196 g/mol. The fourth-order valence-corrected chi connectivity index (χ4v) is 2.37. The Kier molecular flexibility index (Phi) is 4.18. The van der Waals surface area contributed by atoms with Crippen LogP contribution in [0.1, 0.15) is 46.0 Å². The van der Waals surface area contributed by atoms with E-state index in [2.05, 4.69) is 13.8 Å². The lowest BCUT2D eigenvalue weighted by Crippen LogP contribution is -2.11. The van der Waals surface area contributed by atoms with E-state index in [1.165, 1.54) is 18.9 Å². The summed E-state index contributed by atoms with van der Waals surface area (Å²) in [5, 5.41) is 8.66. The molecule has 0 heterocycles. The lowest BCUT2D eigenvalue weighted by molar-refractivity contribution is -0.131. The van der Waals surface area contributed by atoms with Crippen LogP contribution in [-0.2, 0) is 4.79 Å². The first-order valence-corrected chi connectivity index (χ1v) is 5.50. The third kappa shape index (κ3) is 3.95. The van der Waals surface area contributed by atoms with Gasteiger partial charge in [0.25, 0.3) is 0 Å². The van der Waals surface area contributed by atoms with Crippen molar-refractivity contribution in [2.45, 2.75) is 46.0 Å². The fourth-order valence-electron chi connectivity index (χ4n) is 2.37. The smallest absolute Gasteiger partial charge is 0.328 e. The molecule has 0 radical (unpaired) electrons. The SMILES string of the molecule is CC(C)CC1CCCC(=CC(=O)O)C1. The van der Waals surface area contributed by atoms with Crippen LogP contribution in [0.3, 0.4) is 0 Å². The molecule has 0 aromatic carbocycles. The van der Waals surface area contributed by atoms with Crippen LogP contribution in [0.2, 0.25) is 0 Å². The second-order valence-electron chi connectivity index (χ2n) is 4.73. The second kappa shape index (κ2) is 5.18. The van der Waals surface area contributed by atoms with E-state index in [0.29, 0.717) is 5.92 Å². The third-order valence-electron chi connectivity index (χ3n) is 2.79. The van der Waals surface area contributed by atoms with Gasteiger partial charge in [-0.1, -0.05) is 19.4 Å². The largest absolute Gasteiger partial charge is 0.478 e. The third-order valence-corrected chi connectivity index (χ3v) is 2.79. The van der Waals surface area contributed by atoms with Gasteiger partial charge in [0.2, 0.25) is 0 Å². The van der Waals surface area contributed by atoms with E-state index in [4.69, 9.17) is 5.11 Å². The van der Waals surface area contributed by atoms with Crippen LogP contribution < -0.4 is 0 Å². The van der Waals surface area contributed by atoms with E-state index < -0.39 is 5.97 Å². The molecule has 1 saturated carbocycles. The minimum absolute atomic E-state index is 0.717. The van der Waals surface area contributed by atoms with Gasteiger partial charge in [0, 0.05) is 6.08 Å². The molecule has 1 unspecified atom stereocenters. The van der Waals surface area contributed by atoms with Crippen molar-refractivity contribution in [2.24, 2.45) is 11.8 Å². The Morgan fingerprint density at radius 1 is 1.64 bits per heavy atom. The minimum Gasteiger partial charge on any atom is -0.478 e. The van der Waals surface area contributed by atoms with E-state index in [-0.39, 0.29) is 0 Å². The van der Waals surface area contributed by atoms with Crippen LogP contribution >= 0.6 is 0 Å². The van der Waals surface area contributed by atoms with Gasteiger partial charge in [-0.05, 0) is 43.9 Å². The van der Waals surface area contributed by atoms with Crippen molar-refractivity contribution in [1.82, 2.24) is 0 Å². The maximum absolute atomic E-state index is 10.5. The van der Waals surface area contributed by atoms with Crippen molar-refractivity contribution >= 4 is 5.97 Å². The van der Waals surface area contributed by atoms with Crippen molar-refractivity contribution < 1.29 is 9.90 Å². The highest BCUT2D eigenvalue weighted by Crippen LogP contribution is 2.32. The van der Waals surface area contributed by atoms with Gasteiger partial charge in [-0.25, -0.2) is 4.79 Å². The molecule has 0 aromatic heterocycles. The summed E-state index contributed by atoms with van der Waals surface area (Å²) in [6.07, 6.45) is 7.07. The molecule has 1 N–H and O–H groups in total. The summed E-state index contributed by atoms with van der Waals surface area (Å²) in [5.74, 6) is 0.656. The van der Waals surface area contributed by atoms with Gasteiger partial charge < -0.3 is 5.11 Å². The summed E-state index contributed by atoms with van der Waals surface area (Å²) >= 11 is 0. The number of hydrogen-bond acceptors (Lipinski definition) is 1. The molecule has 2 nitrogen and oxygen atoms in total. The molecule has 0 bridgehead atoms. The molecular formula is C12H20O2. The maximum Gasteiger partial charge on any atom is 0.328 e. The zero-order chi connectivity index (χ0) is 10.6. The molecular weight excluding hydrogens is 176 g/mol. The first kappa shape index (κ1) is 11.3. The van der Waals surface area contributed by atoms with Crippen LogP contribution in [0.25, 0.3) is 0 Å². The van der Waals surface area contributed by atoms with E-state index in [1.54, 1.807) is 0 Å². The molecule has 1 fully saturated rings. The Morgan fingerprint density at radius 2 is 2.36 bits per heavy atom. The summed E-state index contributed by atoms with van der Waals surface area (Å²) in [6, 6.07) is 0. The predicted octanol–water partition coefficient (Wildman–Crippen LogP) is 3.23. The monoisotopic (exact) mass is 196 g/mol. The highest BCUT2D eigenvalue weighted by atomic mass is 16.4. The van der Waals surface area contributed by atoms with Crippen LogP contribution in [-0.4, -0.2) is 11.1 Å². The molecule has 0 amide bonds. The number of hydrogen-bond donors (Lipinski definition) is 1. The van der Waals surface area contributed by atoms with Crippen LogP contribution in [0.5, 0.6) is 0 Å². The van der Waals surface area contributed by atoms with E-state index in [1.807, 2.05) is 0 Å². The zero-order valence-electron chi connectivity index (χ0n) is 9.12. The van der Waals surface area contributed by atoms with Gasteiger partial charge in [0.15, 0.2) is 0 Å². The molecule has 0 saturated heterocycles. The molecule has 0 spiro atoms. The van der Waals surface area contributed by atoms with E-state index in [9.17, 15) is 4.79 Å². The normalized spacial score (nSPS) is 25.6. The van der Waals surface area contributed by atoms with Gasteiger partial charge in [-0.2, -0.15) is 0 Å². The first-order chi connectivity index (χ1) is 6.58. The molecule has 1 atom stereocenters. The number of carboxylic acids is 1. The topological polar surface area (TPSA) is 37.3 Å². The Bertz CT molecular complexity index is 228. The lowest BCUT2D eigenvalue weighted by Gasteiger charge is -2.25. The molecule has 80 valence electrons. The van der Waals surface area contributed by atoms with Gasteiger partial charge in [0.1, 0.15) is 0 Å². The quantitative estimate of drug-likeness (QED) is 0.703. The molecule has 2 heteroatoms.